The number of anilines is 1. The fraction of sp³-hybridized carbons (Fsp3) is 0.125. The molecule has 214 valence electrons. The molecule has 7 nitrogen and oxygen atoms in total. The van der Waals surface area contributed by atoms with Crippen LogP contribution in [0.3, 0.4) is 0 Å². The molecule has 0 unspecified atom stereocenters. The van der Waals surface area contributed by atoms with Gasteiger partial charge in [0.15, 0.2) is 6.20 Å². The van der Waals surface area contributed by atoms with E-state index in [4.69, 9.17) is 0 Å². The van der Waals surface area contributed by atoms with Crippen LogP contribution in [-0.4, -0.2) is 24.6 Å². The van der Waals surface area contributed by atoms with Crippen molar-refractivity contribution in [2.45, 2.75) is 23.3 Å². The molecular weight excluding hydrogens is 587 g/mol. The molecule has 0 bridgehead atoms. The van der Waals surface area contributed by atoms with Crippen LogP contribution in [-0.2, 0) is 23.7 Å². The van der Waals surface area contributed by atoms with Crippen LogP contribution in [0.25, 0.3) is 11.1 Å². The van der Waals surface area contributed by atoms with Crippen LogP contribution < -0.4 is 24.2 Å². The molecule has 0 saturated carbocycles. The van der Waals surface area contributed by atoms with Gasteiger partial charge in [-0.1, -0.05) is 71.9 Å². The molecule has 42 heavy (non-hydrogen) atoms. The van der Waals surface area contributed by atoms with Gasteiger partial charge in [-0.3, -0.25) is 9.36 Å². The summed E-state index contributed by atoms with van der Waals surface area (Å²) in [6.07, 6.45) is 4.12. The van der Waals surface area contributed by atoms with Gasteiger partial charge in [-0.2, -0.15) is 0 Å². The molecule has 6 rings (SSSR count). The van der Waals surface area contributed by atoms with Gasteiger partial charge in [0.2, 0.25) is 5.69 Å². The molecule has 0 N–H and O–H groups in total. The SMILES string of the molecule is CN1C(=c2sc(=Cc3cccc[n+]3C)n(Cc3ccccc3)c2=O)Sc2ccccc21.Cc1ccc(S(=O)(=O)[O-])cc1. The first-order chi connectivity index (χ1) is 20.1. The van der Waals surface area contributed by atoms with Crippen molar-refractivity contribution in [3.63, 3.8) is 0 Å². The number of benzene rings is 3. The predicted molar refractivity (Wildman–Crippen MR) is 168 cm³/mol. The smallest absolute Gasteiger partial charge is 0.272 e. The van der Waals surface area contributed by atoms with Gasteiger partial charge in [0.1, 0.15) is 31.4 Å². The van der Waals surface area contributed by atoms with Crippen LogP contribution in [0.2, 0.25) is 0 Å². The van der Waals surface area contributed by atoms with Gasteiger partial charge in [-0.25, -0.2) is 13.0 Å². The number of aryl methyl sites for hydroxylation is 2. The molecular formula is C32H29N3O4S3. The molecule has 2 aromatic heterocycles. The third-order valence-corrected chi connectivity index (χ3v) is 10.0. The van der Waals surface area contributed by atoms with Gasteiger partial charge in [-0.05, 0) is 42.8 Å². The Labute approximate surface area is 253 Å². The summed E-state index contributed by atoms with van der Waals surface area (Å²) in [5.41, 5.74) is 4.29. The van der Waals surface area contributed by atoms with E-state index in [2.05, 4.69) is 45.9 Å². The summed E-state index contributed by atoms with van der Waals surface area (Å²) in [6, 6.07) is 30.3. The molecule has 0 aliphatic carbocycles. The minimum atomic E-state index is -4.27. The molecule has 0 fully saturated rings. The number of thiazole rings is 1. The lowest BCUT2D eigenvalue weighted by Gasteiger charge is -2.11. The number of thioether (sulfide) groups is 1. The van der Waals surface area contributed by atoms with Crippen LogP contribution >= 0.6 is 23.1 Å². The van der Waals surface area contributed by atoms with E-state index in [9.17, 15) is 17.8 Å². The summed E-state index contributed by atoms with van der Waals surface area (Å²) in [7, 11) is -0.213. The van der Waals surface area contributed by atoms with Gasteiger partial charge in [0.25, 0.3) is 5.56 Å². The van der Waals surface area contributed by atoms with Gasteiger partial charge >= 0.3 is 0 Å². The highest BCUT2D eigenvalue weighted by Crippen LogP contribution is 2.44. The Bertz CT molecular complexity index is 2020. The highest BCUT2D eigenvalue weighted by Gasteiger charge is 2.24. The maximum atomic E-state index is 13.6. The Hall–Kier alpha value is -3.96. The van der Waals surface area contributed by atoms with Gasteiger partial charge in [0.05, 0.1) is 17.1 Å². The maximum absolute atomic E-state index is 13.6. The molecule has 0 saturated heterocycles. The third-order valence-electron chi connectivity index (χ3n) is 6.70. The normalized spacial score (nSPS) is 14.4. The second-order valence-electron chi connectivity index (χ2n) is 9.73. The molecule has 0 radical (unpaired) electrons. The number of rotatable bonds is 4. The minimum absolute atomic E-state index is 0.0563. The summed E-state index contributed by atoms with van der Waals surface area (Å²) in [4.78, 5) is 16.8. The maximum Gasteiger partial charge on any atom is 0.272 e. The molecule has 3 heterocycles. The number of fused-ring (bicyclic) bond motifs is 1. The zero-order valence-electron chi connectivity index (χ0n) is 23.3. The number of hydrogen-bond acceptors (Lipinski definition) is 7. The van der Waals surface area contributed by atoms with Gasteiger partial charge < -0.3 is 9.45 Å². The van der Waals surface area contributed by atoms with Gasteiger partial charge in [0, 0.05) is 30.2 Å². The average Bonchev–Trinajstić information content (AvgIpc) is 3.46. The topological polar surface area (TPSA) is 86.3 Å². The Morgan fingerprint density at radius 1 is 0.905 bits per heavy atom. The molecule has 1 aliphatic heterocycles. The molecule has 3 aromatic carbocycles. The molecule has 0 spiro atoms. The Balaban J connectivity index is 0.000000271. The van der Waals surface area contributed by atoms with Crippen molar-refractivity contribution < 1.29 is 17.5 Å². The van der Waals surface area contributed by atoms with Crippen LogP contribution in [0, 0.1) is 6.92 Å². The zero-order valence-corrected chi connectivity index (χ0v) is 25.7. The summed E-state index contributed by atoms with van der Waals surface area (Å²) >= 11 is 3.23. The number of pyridine rings is 1. The Kier molecular flexibility index (Phi) is 8.79. The standard InChI is InChI=1S/C25H22N3OS2.C7H8O3S/c1-26-15-9-8-12-19(26)16-22-28(17-18-10-4-3-5-11-18)24(29)23(31-22)25-27(2)20-13-6-7-14-21(20)30-25;1-6-2-4-7(5-3-6)11(8,9)10/h3-16H,17H2,1-2H3;2-5H,1H3,(H,8,9,10)/q+1;/p-1. The van der Waals surface area contributed by atoms with E-state index in [1.807, 2.05) is 74.2 Å². The van der Waals surface area contributed by atoms with Crippen molar-refractivity contribution >= 4 is 50.0 Å². The van der Waals surface area contributed by atoms with E-state index < -0.39 is 10.1 Å². The second-order valence-corrected chi connectivity index (χ2v) is 13.2. The predicted octanol–water partition coefficient (Wildman–Crippen LogP) is 3.82. The van der Waals surface area contributed by atoms with Crippen LogP contribution in [0.4, 0.5) is 5.69 Å². The molecule has 0 amide bonds. The molecule has 1 aliphatic rings. The summed E-state index contributed by atoms with van der Waals surface area (Å²) < 4.78 is 36.9. The van der Waals surface area contributed by atoms with E-state index in [0.717, 1.165) is 36.7 Å². The zero-order chi connectivity index (χ0) is 29.9. The van der Waals surface area contributed by atoms with E-state index in [0.29, 0.717) is 6.54 Å². The third kappa shape index (κ3) is 6.57. The highest BCUT2D eigenvalue weighted by molar-refractivity contribution is 8.08. The van der Waals surface area contributed by atoms with Crippen molar-refractivity contribution in [3.05, 3.63) is 140 Å². The molecule has 10 heteroatoms. The number of nitrogens with zero attached hydrogens (tertiary/aromatic N) is 3. The number of aromatic nitrogens is 2. The number of para-hydroxylation sites is 1. The summed E-state index contributed by atoms with van der Waals surface area (Å²) in [5, 5.41) is 0.995. The highest BCUT2D eigenvalue weighted by atomic mass is 32.2. The quantitative estimate of drug-likeness (QED) is 0.226. The fourth-order valence-corrected chi connectivity index (χ4v) is 7.27. The largest absolute Gasteiger partial charge is 0.744 e. The van der Waals surface area contributed by atoms with Crippen molar-refractivity contribution in [1.29, 1.82) is 0 Å². The second kappa shape index (κ2) is 12.5. The van der Waals surface area contributed by atoms with E-state index >= 15 is 0 Å². The van der Waals surface area contributed by atoms with Crippen molar-refractivity contribution in [1.82, 2.24) is 4.57 Å². The Morgan fingerprint density at radius 3 is 2.24 bits per heavy atom. The Morgan fingerprint density at radius 2 is 1.57 bits per heavy atom. The van der Waals surface area contributed by atoms with E-state index in [1.165, 1.54) is 17.0 Å². The molecule has 0 atom stereocenters. The minimum Gasteiger partial charge on any atom is -0.744 e. The van der Waals surface area contributed by atoms with Crippen molar-refractivity contribution in [2.75, 3.05) is 11.9 Å². The monoisotopic (exact) mass is 615 g/mol. The first-order valence-electron chi connectivity index (χ1n) is 13.1. The average molecular weight is 616 g/mol. The van der Waals surface area contributed by atoms with Crippen molar-refractivity contribution in [3.8, 4) is 0 Å². The fourth-order valence-electron chi connectivity index (χ4n) is 4.40. The summed E-state index contributed by atoms with van der Waals surface area (Å²) in [5.74, 6) is 0. The lowest BCUT2D eigenvalue weighted by molar-refractivity contribution is -0.673. The van der Waals surface area contributed by atoms with Crippen LogP contribution in [0.15, 0.2) is 118 Å². The first-order valence-corrected chi connectivity index (χ1v) is 16.1. The first kappa shape index (κ1) is 29.5. The van der Waals surface area contributed by atoms with Crippen LogP contribution in [0.5, 0.6) is 0 Å². The molecule has 5 aromatic rings. The number of hydrogen-bond donors (Lipinski definition) is 0. The van der Waals surface area contributed by atoms with E-state index in [1.54, 1.807) is 35.2 Å². The van der Waals surface area contributed by atoms with Crippen molar-refractivity contribution in [2.24, 2.45) is 7.05 Å². The van der Waals surface area contributed by atoms with Gasteiger partial charge in [-0.15, -0.1) is 11.3 Å². The van der Waals surface area contributed by atoms with Crippen LogP contribution in [0.1, 0.15) is 16.8 Å². The lowest BCUT2D eigenvalue weighted by atomic mass is 10.2. The lowest BCUT2D eigenvalue weighted by Crippen LogP contribution is -2.35. The summed E-state index contributed by atoms with van der Waals surface area (Å²) in [6.45, 7) is 2.37. The van der Waals surface area contributed by atoms with E-state index in [-0.39, 0.29) is 10.5 Å².